The zero-order chi connectivity index (χ0) is 16.4. The molecule has 1 heterocycles. The van der Waals surface area contributed by atoms with Gasteiger partial charge in [-0.3, -0.25) is 9.03 Å². The van der Waals surface area contributed by atoms with Gasteiger partial charge in [0.05, 0.1) is 30.0 Å². The van der Waals surface area contributed by atoms with Gasteiger partial charge >= 0.3 is 0 Å². The summed E-state index contributed by atoms with van der Waals surface area (Å²) in [5, 5.41) is 0. The molecule has 2 rings (SSSR count). The summed E-state index contributed by atoms with van der Waals surface area (Å²) >= 11 is 0. The van der Waals surface area contributed by atoms with Crippen LogP contribution in [-0.2, 0) is 20.0 Å². The van der Waals surface area contributed by atoms with Crippen LogP contribution in [0.25, 0.3) is 0 Å². The van der Waals surface area contributed by atoms with E-state index >= 15 is 0 Å². The van der Waals surface area contributed by atoms with Gasteiger partial charge in [0.1, 0.15) is 5.75 Å². The summed E-state index contributed by atoms with van der Waals surface area (Å²) in [6.07, 6.45) is 1.08. The second kappa shape index (κ2) is 6.33. The summed E-state index contributed by atoms with van der Waals surface area (Å²) in [6.45, 7) is 2.20. The first-order valence-electron chi connectivity index (χ1n) is 6.98. The van der Waals surface area contributed by atoms with Crippen molar-refractivity contribution in [3.63, 3.8) is 0 Å². The van der Waals surface area contributed by atoms with Crippen LogP contribution in [0.5, 0.6) is 5.75 Å². The summed E-state index contributed by atoms with van der Waals surface area (Å²) in [7, 11) is -5.30. The van der Waals surface area contributed by atoms with Gasteiger partial charge in [-0.25, -0.2) is 16.8 Å². The Balaban J connectivity index is 2.33. The maximum Gasteiger partial charge on any atom is 0.235 e. The van der Waals surface area contributed by atoms with Crippen molar-refractivity contribution in [2.45, 2.75) is 19.8 Å². The van der Waals surface area contributed by atoms with Crippen LogP contribution in [0.15, 0.2) is 18.2 Å². The van der Waals surface area contributed by atoms with Crippen LogP contribution >= 0.6 is 0 Å². The summed E-state index contributed by atoms with van der Waals surface area (Å²) in [4.78, 5) is 0. The van der Waals surface area contributed by atoms with E-state index in [9.17, 15) is 16.8 Å². The fraction of sp³-hybridized carbons (Fsp3) is 0.538. The summed E-state index contributed by atoms with van der Waals surface area (Å²) in [5.41, 5.74) is 0.782. The number of benzene rings is 1. The fourth-order valence-electron chi connectivity index (χ4n) is 2.34. The molecule has 0 spiro atoms. The molecule has 0 unspecified atom stereocenters. The Morgan fingerprint density at radius 3 is 2.64 bits per heavy atom. The third-order valence-electron chi connectivity index (χ3n) is 3.31. The van der Waals surface area contributed by atoms with Crippen molar-refractivity contribution in [2.24, 2.45) is 0 Å². The summed E-state index contributed by atoms with van der Waals surface area (Å²) < 4.78 is 56.5. The number of hydrogen-bond donors (Lipinski definition) is 1. The Morgan fingerprint density at radius 2 is 2.09 bits per heavy atom. The van der Waals surface area contributed by atoms with E-state index in [2.05, 4.69) is 4.72 Å². The smallest absolute Gasteiger partial charge is 0.235 e. The molecule has 0 bridgehead atoms. The van der Waals surface area contributed by atoms with E-state index in [-0.39, 0.29) is 11.5 Å². The molecule has 0 atom stereocenters. The van der Waals surface area contributed by atoms with E-state index in [1.54, 1.807) is 13.0 Å². The van der Waals surface area contributed by atoms with Crippen molar-refractivity contribution < 1.29 is 21.6 Å². The second-order valence-electron chi connectivity index (χ2n) is 5.05. The fourth-order valence-corrected chi connectivity index (χ4v) is 5.04. The topological polar surface area (TPSA) is 92.8 Å². The van der Waals surface area contributed by atoms with Crippen LogP contribution < -0.4 is 13.8 Å². The maximum absolute atomic E-state index is 11.9. The number of anilines is 2. The van der Waals surface area contributed by atoms with Crippen LogP contribution in [0.4, 0.5) is 11.4 Å². The van der Waals surface area contributed by atoms with Crippen LogP contribution in [0, 0.1) is 0 Å². The Kier molecular flexibility index (Phi) is 4.86. The molecule has 124 valence electrons. The van der Waals surface area contributed by atoms with E-state index in [0.29, 0.717) is 36.5 Å². The minimum Gasteiger partial charge on any atom is -0.494 e. The molecule has 22 heavy (non-hydrogen) atoms. The first kappa shape index (κ1) is 16.9. The lowest BCUT2D eigenvalue weighted by atomic mass is 10.2. The lowest BCUT2D eigenvalue weighted by Gasteiger charge is -2.19. The van der Waals surface area contributed by atoms with Gasteiger partial charge in [-0.15, -0.1) is 0 Å². The minimum atomic E-state index is -3.43. The number of hydrogen-bond acceptors (Lipinski definition) is 5. The minimum absolute atomic E-state index is 0.0123. The average Bonchev–Trinajstić information content (AvgIpc) is 2.78. The molecule has 9 heteroatoms. The zero-order valence-electron chi connectivity index (χ0n) is 12.6. The number of ether oxygens (including phenoxy) is 1. The normalized spacial score (nSPS) is 17.5. The molecular weight excluding hydrogens is 328 g/mol. The molecule has 1 N–H and O–H groups in total. The number of nitrogens with one attached hydrogen (secondary N) is 1. The van der Waals surface area contributed by atoms with Gasteiger partial charge in [0.2, 0.25) is 20.0 Å². The third-order valence-corrected chi connectivity index (χ3v) is 6.66. The van der Waals surface area contributed by atoms with Crippen molar-refractivity contribution in [1.82, 2.24) is 0 Å². The Hall–Kier alpha value is -1.48. The summed E-state index contributed by atoms with van der Waals surface area (Å²) in [6, 6.07) is 4.64. The molecule has 0 amide bonds. The van der Waals surface area contributed by atoms with E-state index in [4.69, 9.17) is 4.74 Å². The van der Waals surface area contributed by atoms with Gasteiger partial charge in [-0.2, -0.15) is 0 Å². The highest BCUT2D eigenvalue weighted by Crippen LogP contribution is 2.33. The first-order chi connectivity index (χ1) is 10.3. The molecule has 0 radical (unpaired) electrons. The number of nitrogens with zero attached hydrogens (tertiary/aromatic N) is 1. The highest BCUT2D eigenvalue weighted by atomic mass is 32.2. The highest BCUT2D eigenvalue weighted by Gasteiger charge is 2.29. The molecule has 1 aromatic rings. The Bertz CT molecular complexity index is 744. The van der Waals surface area contributed by atoms with Gasteiger partial charge in [0, 0.05) is 12.6 Å². The first-order valence-corrected chi connectivity index (χ1v) is 10.2. The van der Waals surface area contributed by atoms with Crippen LogP contribution in [0.1, 0.15) is 19.8 Å². The quantitative estimate of drug-likeness (QED) is 0.838. The van der Waals surface area contributed by atoms with Crippen molar-refractivity contribution in [1.29, 1.82) is 0 Å². The molecule has 1 saturated heterocycles. The van der Waals surface area contributed by atoms with E-state index < -0.39 is 20.0 Å². The Morgan fingerprint density at radius 1 is 1.36 bits per heavy atom. The van der Waals surface area contributed by atoms with E-state index in [1.807, 2.05) is 0 Å². The lowest BCUT2D eigenvalue weighted by Crippen LogP contribution is -2.25. The van der Waals surface area contributed by atoms with Crippen LogP contribution in [0.3, 0.4) is 0 Å². The third kappa shape index (κ3) is 3.64. The Labute approximate surface area is 131 Å². The van der Waals surface area contributed by atoms with Crippen LogP contribution in [0.2, 0.25) is 0 Å². The maximum atomic E-state index is 11.9. The van der Waals surface area contributed by atoms with E-state index in [1.165, 1.54) is 23.5 Å². The largest absolute Gasteiger partial charge is 0.494 e. The number of sulfonamides is 2. The standard InChI is InChI=1S/C13H20N2O5S2/c1-3-8-21(16,17)14-12-6-5-11(10-13(12)20-2)15-7-4-9-22(15,18)19/h5-6,10,14H,3-4,7-9H2,1-2H3. The van der Waals surface area contributed by atoms with Gasteiger partial charge in [0.25, 0.3) is 0 Å². The average molecular weight is 348 g/mol. The number of rotatable bonds is 6. The zero-order valence-corrected chi connectivity index (χ0v) is 14.2. The predicted octanol–water partition coefficient (Wildman–Crippen LogP) is 1.39. The van der Waals surface area contributed by atoms with Crippen molar-refractivity contribution in [3.05, 3.63) is 18.2 Å². The lowest BCUT2D eigenvalue weighted by molar-refractivity contribution is 0.417. The predicted molar refractivity (Wildman–Crippen MR) is 86.4 cm³/mol. The highest BCUT2D eigenvalue weighted by molar-refractivity contribution is 7.93. The molecule has 1 aromatic carbocycles. The van der Waals surface area contributed by atoms with Gasteiger partial charge in [0.15, 0.2) is 0 Å². The molecule has 0 aromatic heterocycles. The molecule has 0 saturated carbocycles. The van der Waals surface area contributed by atoms with Crippen molar-refractivity contribution >= 4 is 31.4 Å². The molecule has 1 aliphatic heterocycles. The van der Waals surface area contributed by atoms with Gasteiger partial charge in [-0.05, 0) is 25.0 Å². The molecule has 7 nitrogen and oxygen atoms in total. The van der Waals surface area contributed by atoms with Crippen LogP contribution in [-0.4, -0.2) is 42.0 Å². The van der Waals surface area contributed by atoms with Crippen molar-refractivity contribution in [3.8, 4) is 5.75 Å². The molecule has 1 aliphatic rings. The van der Waals surface area contributed by atoms with Gasteiger partial charge < -0.3 is 4.74 Å². The number of methoxy groups -OCH3 is 1. The van der Waals surface area contributed by atoms with E-state index in [0.717, 1.165) is 0 Å². The van der Waals surface area contributed by atoms with Gasteiger partial charge in [-0.1, -0.05) is 6.92 Å². The molecule has 0 aliphatic carbocycles. The molecule has 1 fully saturated rings. The second-order valence-corrected chi connectivity index (χ2v) is 8.90. The molecular formula is C13H20N2O5S2. The summed E-state index contributed by atoms with van der Waals surface area (Å²) in [5.74, 6) is 0.429. The monoisotopic (exact) mass is 348 g/mol. The SMILES string of the molecule is CCCS(=O)(=O)Nc1ccc(N2CCCS2(=O)=O)cc1OC. The van der Waals surface area contributed by atoms with Crippen molar-refractivity contribution in [2.75, 3.05) is 34.2 Å².